The summed E-state index contributed by atoms with van der Waals surface area (Å²) in [5.41, 5.74) is 5.59. The first-order valence-corrected chi connectivity index (χ1v) is 6.54. The molecule has 0 radical (unpaired) electrons. The predicted molar refractivity (Wildman–Crippen MR) is 53.4 cm³/mol. The monoisotopic (exact) mass is 206 g/mol. The molecule has 2 N–H and O–H groups in total. The molecule has 0 aromatic carbocycles. The number of rotatable bonds is 5. The zero-order chi connectivity index (χ0) is 9.90. The van der Waals surface area contributed by atoms with E-state index in [2.05, 4.69) is 4.90 Å². The molecule has 0 aromatic rings. The fraction of sp³-hybridized carbons (Fsp3) is 1.00. The van der Waals surface area contributed by atoms with E-state index in [1.54, 1.807) is 6.92 Å². The largest absolute Gasteiger partial charge is 0.325 e. The van der Waals surface area contributed by atoms with Gasteiger partial charge in [0.1, 0.15) is 9.84 Å². The van der Waals surface area contributed by atoms with Crippen molar-refractivity contribution in [2.45, 2.75) is 19.4 Å². The minimum Gasteiger partial charge on any atom is -0.325 e. The van der Waals surface area contributed by atoms with Crippen LogP contribution in [0.2, 0.25) is 0 Å². The maximum atomic E-state index is 11.1. The van der Waals surface area contributed by atoms with Crippen molar-refractivity contribution < 1.29 is 8.42 Å². The van der Waals surface area contributed by atoms with Gasteiger partial charge in [-0.1, -0.05) is 6.92 Å². The summed E-state index contributed by atoms with van der Waals surface area (Å²) in [6.07, 6.45) is 0.739. The highest BCUT2D eigenvalue weighted by Gasteiger charge is 2.22. The Morgan fingerprint density at radius 3 is 2.54 bits per heavy atom. The molecule has 1 rings (SSSR count). The highest BCUT2D eigenvalue weighted by atomic mass is 32.2. The van der Waals surface area contributed by atoms with Crippen molar-refractivity contribution in [3.05, 3.63) is 0 Å². The summed E-state index contributed by atoms with van der Waals surface area (Å²) in [5.74, 6) is 0.571. The first-order valence-electron chi connectivity index (χ1n) is 4.72. The third-order valence-corrected chi connectivity index (χ3v) is 4.15. The molecule has 0 unspecified atom stereocenters. The van der Waals surface area contributed by atoms with Gasteiger partial charge < -0.3 is 10.6 Å². The molecule has 0 saturated carbocycles. The second kappa shape index (κ2) is 4.39. The zero-order valence-corrected chi connectivity index (χ0v) is 8.89. The molecule has 1 saturated heterocycles. The van der Waals surface area contributed by atoms with Gasteiger partial charge in [-0.2, -0.15) is 0 Å². The summed E-state index contributed by atoms with van der Waals surface area (Å²) in [7, 11) is -2.77. The van der Waals surface area contributed by atoms with Gasteiger partial charge in [0.15, 0.2) is 0 Å². The van der Waals surface area contributed by atoms with Gasteiger partial charge in [-0.15, -0.1) is 0 Å². The van der Waals surface area contributed by atoms with Crippen LogP contribution in [0.3, 0.4) is 0 Å². The number of hydrogen-bond donors (Lipinski definition) is 1. The standard InChI is InChI=1S/C8H18N2O2S/c1-2-13(11,12)5-3-4-10-6-8(9)7-10/h8H,2-7,9H2,1H3. The molecule has 0 amide bonds. The fourth-order valence-electron chi connectivity index (χ4n) is 1.44. The quantitative estimate of drug-likeness (QED) is 0.656. The molecule has 1 heterocycles. The molecule has 1 aliphatic rings. The molecule has 13 heavy (non-hydrogen) atoms. The second-order valence-electron chi connectivity index (χ2n) is 3.61. The smallest absolute Gasteiger partial charge is 0.150 e. The van der Waals surface area contributed by atoms with Crippen LogP contribution < -0.4 is 5.73 Å². The fourth-order valence-corrected chi connectivity index (χ4v) is 2.30. The minimum atomic E-state index is -2.77. The normalized spacial score (nSPS) is 20.2. The zero-order valence-electron chi connectivity index (χ0n) is 8.07. The van der Waals surface area contributed by atoms with Gasteiger partial charge in [0, 0.05) is 24.9 Å². The third-order valence-electron chi connectivity index (χ3n) is 2.35. The van der Waals surface area contributed by atoms with E-state index in [9.17, 15) is 8.42 Å². The second-order valence-corrected chi connectivity index (χ2v) is 6.08. The molecule has 1 fully saturated rings. The van der Waals surface area contributed by atoms with Gasteiger partial charge >= 0.3 is 0 Å². The van der Waals surface area contributed by atoms with Crippen LogP contribution in [-0.2, 0) is 9.84 Å². The summed E-state index contributed by atoms with van der Waals surface area (Å²) in [6.45, 7) is 4.40. The van der Waals surface area contributed by atoms with Crippen molar-refractivity contribution in [1.29, 1.82) is 0 Å². The molecule has 0 bridgehead atoms. The lowest BCUT2D eigenvalue weighted by molar-refractivity contribution is 0.152. The van der Waals surface area contributed by atoms with Crippen LogP contribution in [0.25, 0.3) is 0 Å². The Kier molecular flexibility index (Phi) is 3.70. The highest BCUT2D eigenvalue weighted by Crippen LogP contribution is 2.06. The minimum absolute atomic E-state index is 0.256. The van der Waals surface area contributed by atoms with E-state index in [1.807, 2.05) is 0 Å². The maximum Gasteiger partial charge on any atom is 0.150 e. The third kappa shape index (κ3) is 3.62. The van der Waals surface area contributed by atoms with E-state index in [-0.39, 0.29) is 5.75 Å². The lowest BCUT2D eigenvalue weighted by Crippen LogP contribution is -2.55. The number of likely N-dealkylation sites (tertiary alicyclic amines) is 1. The Hall–Kier alpha value is -0.130. The van der Waals surface area contributed by atoms with E-state index in [1.165, 1.54) is 0 Å². The van der Waals surface area contributed by atoms with Crippen LogP contribution in [0.4, 0.5) is 0 Å². The van der Waals surface area contributed by atoms with Crippen molar-refractivity contribution in [2.75, 3.05) is 31.1 Å². The van der Waals surface area contributed by atoms with Crippen LogP contribution in [-0.4, -0.2) is 50.5 Å². The molecule has 0 aromatic heterocycles. The van der Waals surface area contributed by atoms with Crippen LogP contribution in [0.5, 0.6) is 0 Å². The Labute approximate surface area is 80.0 Å². The van der Waals surface area contributed by atoms with E-state index in [0.29, 0.717) is 11.8 Å². The van der Waals surface area contributed by atoms with Gasteiger partial charge in [0.2, 0.25) is 0 Å². The van der Waals surface area contributed by atoms with E-state index in [0.717, 1.165) is 26.1 Å². The highest BCUT2D eigenvalue weighted by molar-refractivity contribution is 7.91. The maximum absolute atomic E-state index is 11.1. The SMILES string of the molecule is CCS(=O)(=O)CCCN1CC(N)C1. The summed E-state index contributed by atoms with van der Waals surface area (Å²) in [5, 5.41) is 0. The summed E-state index contributed by atoms with van der Waals surface area (Å²) in [6, 6.07) is 0.308. The molecule has 4 nitrogen and oxygen atoms in total. The van der Waals surface area contributed by atoms with Crippen LogP contribution in [0.1, 0.15) is 13.3 Å². The lowest BCUT2D eigenvalue weighted by Gasteiger charge is -2.36. The molecule has 0 atom stereocenters. The van der Waals surface area contributed by atoms with Gasteiger partial charge in [-0.05, 0) is 13.0 Å². The summed E-state index contributed by atoms with van der Waals surface area (Å²) >= 11 is 0. The van der Waals surface area contributed by atoms with Crippen molar-refractivity contribution >= 4 is 9.84 Å². The average molecular weight is 206 g/mol. The number of sulfone groups is 1. The molecular weight excluding hydrogens is 188 g/mol. The van der Waals surface area contributed by atoms with Crippen LogP contribution in [0, 0.1) is 0 Å². The van der Waals surface area contributed by atoms with E-state index >= 15 is 0 Å². The van der Waals surface area contributed by atoms with Gasteiger partial charge in [0.05, 0.1) is 5.75 Å². The Morgan fingerprint density at radius 2 is 2.08 bits per heavy atom. The average Bonchev–Trinajstić information content (AvgIpc) is 2.01. The molecule has 5 heteroatoms. The van der Waals surface area contributed by atoms with Crippen LogP contribution in [0.15, 0.2) is 0 Å². The van der Waals surface area contributed by atoms with Crippen molar-refractivity contribution in [1.82, 2.24) is 4.90 Å². The Morgan fingerprint density at radius 1 is 1.46 bits per heavy atom. The molecule has 1 aliphatic heterocycles. The molecule has 0 aliphatic carbocycles. The van der Waals surface area contributed by atoms with Crippen LogP contribution >= 0.6 is 0 Å². The van der Waals surface area contributed by atoms with Crippen molar-refractivity contribution in [2.24, 2.45) is 5.73 Å². The Balaban J connectivity index is 2.08. The van der Waals surface area contributed by atoms with Gasteiger partial charge in [-0.3, -0.25) is 0 Å². The molecule has 78 valence electrons. The van der Waals surface area contributed by atoms with Gasteiger partial charge in [0.25, 0.3) is 0 Å². The lowest BCUT2D eigenvalue weighted by atomic mass is 10.1. The molecular formula is C8H18N2O2S. The number of hydrogen-bond acceptors (Lipinski definition) is 4. The van der Waals surface area contributed by atoms with Crippen molar-refractivity contribution in [3.63, 3.8) is 0 Å². The van der Waals surface area contributed by atoms with Crippen molar-refractivity contribution in [3.8, 4) is 0 Å². The summed E-state index contributed by atoms with van der Waals surface area (Å²) in [4.78, 5) is 2.19. The van der Waals surface area contributed by atoms with Gasteiger partial charge in [-0.25, -0.2) is 8.42 Å². The first kappa shape index (κ1) is 10.9. The predicted octanol–water partition coefficient (Wildman–Crippen LogP) is -0.546. The van der Waals surface area contributed by atoms with E-state index in [4.69, 9.17) is 5.73 Å². The first-order chi connectivity index (χ1) is 6.03. The Bertz CT molecular complexity index is 245. The topological polar surface area (TPSA) is 63.4 Å². The number of nitrogens with zero attached hydrogens (tertiary/aromatic N) is 1. The molecule has 0 spiro atoms. The van der Waals surface area contributed by atoms with E-state index < -0.39 is 9.84 Å². The summed E-state index contributed by atoms with van der Waals surface area (Å²) < 4.78 is 22.2. The number of nitrogens with two attached hydrogens (primary N) is 1.